The van der Waals surface area contributed by atoms with E-state index in [2.05, 4.69) is 45.6 Å². The maximum Gasteiger partial charge on any atom is 0.175 e. The van der Waals surface area contributed by atoms with Gasteiger partial charge in [-0.15, -0.1) is 0 Å². The van der Waals surface area contributed by atoms with Crippen molar-refractivity contribution in [2.45, 2.75) is 43.8 Å². The zero-order chi connectivity index (χ0) is 20.3. The van der Waals surface area contributed by atoms with Gasteiger partial charge in [-0.1, -0.05) is 55.7 Å². The van der Waals surface area contributed by atoms with Crippen LogP contribution in [0.3, 0.4) is 0 Å². The molecule has 6 nitrogen and oxygen atoms in total. The molecule has 0 aliphatic heterocycles. The zero-order valence-corrected chi connectivity index (χ0v) is 18.5. The van der Waals surface area contributed by atoms with Gasteiger partial charge >= 0.3 is 0 Å². The summed E-state index contributed by atoms with van der Waals surface area (Å²) in [6.45, 7) is 9.29. The SMILES string of the molecule is CC(C)(C)CNCCCn1c(Sc2cc(Cl)cc(Cl)c2)nc2c(N)ncnc21. The first kappa shape index (κ1) is 21.2. The first-order chi connectivity index (χ1) is 13.2. The van der Waals surface area contributed by atoms with E-state index in [-0.39, 0.29) is 5.41 Å². The summed E-state index contributed by atoms with van der Waals surface area (Å²) >= 11 is 13.8. The molecular weight excluding hydrogens is 415 g/mol. The van der Waals surface area contributed by atoms with Gasteiger partial charge in [0.25, 0.3) is 0 Å². The van der Waals surface area contributed by atoms with Gasteiger partial charge in [0, 0.05) is 21.5 Å². The number of halogens is 2. The molecule has 0 amide bonds. The van der Waals surface area contributed by atoms with E-state index in [9.17, 15) is 0 Å². The molecule has 0 fully saturated rings. The summed E-state index contributed by atoms with van der Waals surface area (Å²) in [5.74, 6) is 0.376. The quantitative estimate of drug-likeness (QED) is 0.510. The lowest BCUT2D eigenvalue weighted by Gasteiger charge is -2.18. The molecule has 2 heterocycles. The van der Waals surface area contributed by atoms with E-state index in [1.165, 1.54) is 18.1 Å². The van der Waals surface area contributed by atoms with Crippen LogP contribution in [0.5, 0.6) is 0 Å². The highest BCUT2D eigenvalue weighted by atomic mass is 35.5. The molecule has 3 rings (SSSR count). The van der Waals surface area contributed by atoms with Gasteiger partial charge in [-0.25, -0.2) is 15.0 Å². The smallest absolute Gasteiger partial charge is 0.175 e. The number of hydrogen-bond donors (Lipinski definition) is 2. The van der Waals surface area contributed by atoms with Crippen LogP contribution in [0, 0.1) is 5.41 Å². The van der Waals surface area contributed by atoms with Gasteiger partial charge < -0.3 is 15.6 Å². The van der Waals surface area contributed by atoms with E-state index >= 15 is 0 Å². The van der Waals surface area contributed by atoms with Gasteiger partial charge in [0.05, 0.1) is 0 Å². The third-order valence-corrected chi connectivity index (χ3v) is 5.36. The number of nitrogens with one attached hydrogen (secondary N) is 1. The number of hydrogen-bond acceptors (Lipinski definition) is 6. The maximum absolute atomic E-state index is 6.14. The molecule has 0 saturated carbocycles. The fourth-order valence-corrected chi connectivity index (χ4v) is 4.39. The van der Waals surface area contributed by atoms with Crippen molar-refractivity contribution in [3.8, 4) is 0 Å². The number of nitrogens with two attached hydrogens (primary N) is 1. The largest absolute Gasteiger partial charge is 0.382 e. The van der Waals surface area contributed by atoms with Gasteiger partial charge in [0.15, 0.2) is 22.1 Å². The number of fused-ring (bicyclic) bond motifs is 1. The van der Waals surface area contributed by atoms with Crippen molar-refractivity contribution in [2.24, 2.45) is 5.41 Å². The van der Waals surface area contributed by atoms with Crippen LogP contribution < -0.4 is 11.1 Å². The monoisotopic (exact) mass is 438 g/mol. The Hall–Kier alpha value is -1.54. The summed E-state index contributed by atoms with van der Waals surface area (Å²) in [4.78, 5) is 14.0. The molecule has 2 aromatic heterocycles. The molecule has 3 aromatic rings. The van der Waals surface area contributed by atoms with Crippen molar-refractivity contribution in [1.82, 2.24) is 24.8 Å². The Bertz CT molecular complexity index is 947. The molecule has 9 heteroatoms. The molecule has 0 unspecified atom stereocenters. The molecule has 28 heavy (non-hydrogen) atoms. The van der Waals surface area contributed by atoms with Crippen LogP contribution in [0.4, 0.5) is 5.82 Å². The van der Waals surface area contributed by atoms with E-state index in [0.29, 0.717) is 21.4 Å². The first-order valence-corrected chi connectivity index (χ1v) is 10.6. The van der Waals surface area contributed by atoms with E-state index in [1.807, 2.05) is 12.1 Å². The van der Waals surface area contributed by atoms with Crippen LogP contribution in [0.2, 0.25) is 10.0 Å². The number of benzene rings is 1. The first-order valence-electron chi connectivity index (χ1n) is 9.04. The van der Waals surface area contributed by atoms with Crippen LogP contribution >= 0.6 is 35.0 Å². The second-order valence-electron chi connectivity index (χ2n) is 7.78. The average molecular weight is 439 g/mol. The highest BCUT2D eigenvalue weighted by Gasteiger charge is 2.16. The Balaban J connectivity index is 1.82. The summed E-state index contributed by atoms with van der Waals surface area (Å²) in [5.41, 5.74) is 7.62. The van der Waals surface area contributed by atoms with Crippen molar-refractivity contribution < 1.29 is 0 Å². The second-order valence-corrected chi connectivity index (χ2v) is 9.69. The summed E-state index contributed by atoms with van der Waals surface area (Å²) in [6, 6.07) is 5.43. The molecule has 0 saturated heterocycles. The lowest BCUT2D eigenvalue weighted by Crippen LogP contribution is -2.28. The Morgan fingerprint density at radius 2 is 1.86 bits per heavy atom. The van der Waals surface area contributed by atoms with Gasteiger partial charge in [-0.3, -0.25) is 0 Å². The normalized spacial score (nSPS) is 12.0. The van der Waals surface area contributed by atoms with Crippen molar-refractivity contribution in [2.75, 3.05) is 18.8 Å². The summed E-state index contributed by atoms with van der Waals surface area (Å²) in [5, 5.41) is 5.46. The van der Waals surface area contributed by atoms with Crippen LogP contribution in [0.15, 0.2) is 34.6 Å². The predicted molar refractivity (Wildman–Crippen MR) is 117 cm³/mol. The third-order valence-electron chi connectivity index (χ3n) is 3.96. The molecule has 0 bridgehead atoms. The molecule has 0 aliphatic rings. The minimum absolute atomic E-state index is 0.260. The number of rotatable bonds is 7. The number of nitrogens with zero attached hydrogens (tertiary/aromatic N) is 4. The number of anilines is 1. The molecule has 0 aliphatic carbocycles. The maximum atomic E-state index is 6.14. The number of aryl methyl sites for hydroxylation is 1. The molecular formula is C19H24Cl2N6S. The summed E-state index contributed by atoms with van der Waals surface area (Å²) in [7, 11) is 0. The van der Waals surface area contributed by atoms with Gasteiger partial charge in [-0.2, -0.15) is 0 Å². The molecule has 0 radical (unpaired) electrons. The Kier molecular flexibility index (Phi) is 6.70. The van der Waals surface area contributed by atoms with Crippen LogP contribution in [-0.4, -0.2) is 32.6 Å². The second kappa shape index (κ2) is 8.86. The zero-order valence-electron chi connectivity index (χ0n) is 16.2. The van der Waals surface area contributed by atoms with E-state index in [1.54, 1.807) is 6.07 Å². The van der Waals surface area contributed by atoms with Crippen LogP contribution in [0.1, 0.15) is 27.2 Å². The highest BCUT2D eigenvalue weighted by molar-refractivity contribution is 7.99. The lowest BCUT2D eigenvalue weighted by atomic mass is 9.97. The molecule has 150 valence electrons. The van der Waals surface area contributed by atoms with Gasteiger partial charge in [0.1, 0.15) is 6.33 Å². The van der Waals surface area contributed by atoms with E-state index < -0.39 is 0 Å². The lowest BCUT2D eigenvalue weighted by molar-refractivity contribution is 0.376. The Morgan fingerprint density at radius 3 is 2.54 bits per heavy atom. The molecule has 0 atom stereocenters. The Labute approximate surface area is 179 Å². The minimum atomic E-state index is 0.260. The van der Waals surface area contributed by atoms with E-state index in [4.69, 9.17) is 28.9 Å². The third kappa shape index (κ3) is 5.50. The fourth-order valence-electron chi connectivity index (χ4n) is 2.73. The highest BCUT2D eigenvalue weighted by Crippen LogP contribution is 2.34. The molecule has 3 N–H and O–H groups in total. The average Bonchev–Trinajstić information content (AvgIpc) is 2.91. The van der Waals surface area contributed by atoms with E-state index in [0.717, 1.165) is 41.8 Å². The minimum Gasteiger partial charge on any atom is -0.382 e. The number of imidazole rings is 1. The van der Waals surface area contributed by atoms with Crippen molar-refractivity contribution >= 4 is 51.9 Å². The van der Waals surface area contributed by atoms with Crippen molar-refractivity contribution in [3.63, 3.8) is 0 Å². The standard InChI is InChI=1S/C19H24Cl2N6S/c1-19(2,3)10-23-5-4-6-27-17-15(16(22)24-11-25-17)26-18(27)28-14-8-12(20)7-13(21)9-14/h7-9,11,23H,4-6,10H2,1-3H3,(H2,22,24,25). The molecule has 1 aromatic carbocycles. The molecule has 0 spiro atoms. The fraction of sp³-hybridized carbons (Fsp3) is 0.421. The topological polar surface area (TPSA) is 81.7 Å². The summed E-state index contributed by atoms with van der Waals surface area (Å²) in [6.07, 6.45) is 2.41. The Morgan fingerprint density at radius 1 is 1.14 bits per heavy atom. The van der Waals surface area contributed by atoms with Gasteiger partial charge in [0.2, 0.25) is 0 Å². The van der Waals surface area contributed by atoms with Crippen molar-refractivity contribution in [1.29, 1.82) is 0 Å². The summed E-state index contributed by atoms with van der Waals surface area (Å²) < 4.78 is 2.08. The van der Waals surface area contributed by atoms with Crippen LogP contribution in [-0.2, 0) is 6.54 Å². The van der Waals surface area contributed by atoms with Crippen molar-refractivity contribution in [3.05, 3.63) is 34.6 Å². The van der Waals surface area contributed by atoms with Gasteiger partial charge in [-0.05, 0) is 43.1 Å². The van der Waals surface area contributed by atoms with Crippen LogP contribution in [0.25, 0.3) is 11.2 Å². The predicted octanol–water partition coefficient (Wildman–Crippen LogP) is 4.89. The number of nitrogen functional groups attached to an aromatic ring is 1. The number of aromatic nitrogens is 4.